The first-order valence-corrected chi connectivity index (χ1v) is 4.19. The molecule has 0 radical (unpaired) electrons. The third-order valence-corrected chi connectivity index (χ3v) is 2.31. The van der Waals surface area contributed by atoms with Crippen LogP contribution in [0, 0.1) is 12.7 Å². The van der Waals surface area contributed by atoms with E-state index >= 15 is 0 Å². The number of hydrogen-bond acceptors (Lipinski definition) is 2. The van der Waals surface area contributed by atoms with Crippen LogP contribution in [-0.4, -0.2) is 5.16 Å². The fourth-order valence-electron chi connectivity index (χ4n) is 1.06. The summed E-state index contributed by atoms with van der Waals surface area (Å²) in [6.45, 7) is 1.79. The Labute approximate surface area is 76.5 Å². The largest absolute Gasteiger partial charge is 0.360 e. The van der Waals surface area contributed by atoms with Gasteiger partial charge in [0.25, 0.3) is 0 Å². The molecule has 0 amide bonds. The van der Waals surface area contributed by atoms with Gasteiger partial charge in [0.05, 0.1) is 4.47 Å². The Hall–Kier alpha value is -0.900. The number of hydrogen-bond donors (Lipinski definition) is 0. The number of nitrogens with zero attached hydrogens (tertiary/aromatic N) is 1. The van der Waals surface area contributed by atoms with E-state index in [-0.39, 0.29) is 5.82 Å². The Balaban J connectivity index is 2.87. The minimum atomic E-state index is -0.323. The highest BCUT2D eigenvalue weighted by atomic mass is 79.9. The Morgan fingerprint density at radius 1 is 1.50 bits per heavy atom. The zero-order valence-electron chi connectivity index (χ0n) is 6.27. The molecule has 4 heteroatoms. The molecule has 12 heavy (non-hydrogen) atoms. The van der Waals surface area contributed by atoms with Crippen LogP contribution in [0.25, 0.3) is 10.9 Å². The van der Waals surface area contributed by atoms with Crippen molar-refractivity contribution in [3.63, 3.8) is 0 Å². The van der Waals surface area contributed by atoms with Crippen LogP contribution in [0.4, 0.5) is 4.39 Å². The van der Waals surface area contributed by atoms with E-state index in [1.165, 1.54) is 6.07 Å². The lowest BCUT2D eigenvalue weighted by molar-refractivity contribution is 0.405. The van der Waals surface area contributed by atoms with Crippen molar-refractivity contribution in [1.29, 1.82) is 0 Å². The molecule has 0 saturated carbocycles. The number of fused-ring (bicyclic) bond motifs is 1. The van der Waals surface area contributed by atoms with Crippen LogP contribution in [0.1, 0.15) is 5.76 Å². The summed E-state index contributed by atoms with van der Waals surface area (Å²) in [6, 6.07) is 3.01. The number of halogens is 2. The summed E-state index contributed by atoms with van der Waals surface area (Å²) in [6.07, 6.45) is 0. The van der Waals surface area contributed by atoms with Crippen molar-refractivity contribution in [2.45, 2.75) is 6.92 Å². The molecule has 62 valence electrons. The second kappa shape index (κ2) is 2.55. The second-order valence-electron chi connectivity index (χ2n) is 2.52. The lowest BCUT2D eigenvalue weighted by atomic mass is 10.2. The van der Waals surface area contributed by atoms with Gasteiger partial charge in [-0.15, -0.1) is 0 Å². The van der Waals surface area contributed by atoms with Crippen LogP contribution in [0.3, 0.4) is 0 Å². The van der Waals surface area contributed by atoms with Gasteiger partial charge in [-0.25, -0.2) is 4.39 Å². The van der Waals surface area contributed by atoms with Crippen LogP contribution in [0.15, 0.2) is 21.1 Å². The first kappa shape index (κ1) is 7.73. The van der Waals surface area contributed by atoms with Crippen LogP contribution < -0.4 is 0 Å². The van der Waals surface area contributed by atoms with E-state index in [1.54, 1.807) is 13.0 Å². The predicted octanol–water partition coefficient (Wildman–Crippen LogP) is 3.04. The Bertz CT molecular complexity index is 438. The molecule has 0 aliphatic heterocycles. The maximum absolute atomic E-state index is 12.9. The van der Waals surface area contributed by atoms with Crippen molar-refractivity contribution < 1.29 is 8.91 Å². The van der Waals surface area contributed by atoms with Gasteiger partial charge in [0.2, 0.25) is 0 Å². The molecule has 2 nitrogen and oxygen atoms in total. The molecule has 2 aromatic rings. The molecule has 0 saturated heterocycles. The minimum absolute atomic E-state index is 0.323. The van der Waals surface area contributed by atoms with E-state index < -0.39 is 0 Å². The molecule has 0 fully saturated rings. The molecule has 0 spiro atoms. The van der Waals surface area contributed by atoms with Crippen molar-refractivity contribution in [2.24, 2.45) is 0 Å². The highest BCUT2D eigenvalue weighted by molar-refractivity contribution is 9.10. The summed E-state index contributed by atoms with van der Waals surface area (Å²) in [4.78, 5) is 0. The van der Waals surface area contributed by atoms with E-state index in [4.69, 9.17) is 4.52 Å². The lowest BCUT2D eigenvalue weighted by Crippen LogP contribution is -1.77. The van der Waals surface area contributed by atoms with Crippen molar-refractivity contribution >= 4 is 26.8 Å². The molecule has 0 unspecified atom stereocenters. The highest BCUT2D eigenvalue weighted by Gasteiger charge is 2.07. The third kappa shape index (κ3) is 1.03. The maximum Gasteiger partial charge on any atom is 0.141 e. The normalized spacial score (nSPS) is 10.9. The first-order valence-electron chi connectivity index (χ1n) is 3.39. The number of aryl methyl sites for hydroxylation is 1. The third-order valence-electron chi connectivity index (χ3n) is 1.70. The van der Waals surface area contributed by atoms with Gasteiger partial charge in [-0.2, -0.15) is 0 Å². The van der Waals surface area contributed by atoms with Crippen LogP contribution in [0.5, 0.6) is 0 Å². The van der Waals surface area contributed by atoms with E-state index in [2.05, 4.69) is 21.1 Å². The van der Waals surface area contributed by atoms with E-state index in [0.29, 0.717) is 15.7 Å². The van der Waals surface area contributed by atoms with Crippen molar-refractivity contribution in [3.05, 3.63) is 28.2 Å². The zero-order chi connectivity index (χ0) is 8.72. The smallest absolute Gasteiger partial charge is 0.141 e. The Kier molecular flexibility index (Phi) is 1.65. The summed E-state index contributed by atoms with van der Waals surface area (Å²) in [7, 11) is 0. The van der Waals surface area contributed by atoms with Crippen molar-refractivity contribution in [2.75, 3.05) is 0 Å². The lowest BCUT2D eigenvalue weighted by Gasteiger charge is -1.92. The SMILES string of the molecule is Cc1onc2cc(F)c(Br)cc12. The van der Waals surface area contributed by atoms with Gasteiger partial charge in [0, 0.05) is 11.5 Å². The fourth-order valence-corrected chi connectivity index (χ4v) is 1.40. The van der Waals surface area contributed by atoms with Crippen molar-refractivity contribution in [1.82, 2.24) is 5.16 Å². The molecular weight excluding hydrogens is 225 g/mol. The average Bonchev–Trinajstić information content (AvgIpc) is 2.35. The molecule has 0 N–H and O–H groups in total. The maximum atomic E-state index is 12.9. The molecule has 1 aromatic heterocycles. The summed E-state index contributed by atoms with van der Waals surface area (Å²) in [5.41, 5.74) is 0.549. The fraction of sp³-hybridized carbons (Fsp3) is 0.125. The average molecular weight is 230 g/mol. The van der Waals surface area contributed by atoms with Gasteiger partial charge in [-0.1, -0.05) is 5.16 Å². The van der Waals surface area contributed by atoms with Crippen LogP contribution in [-0.2, 0) is 0 Å². The zero-order valence-corrected chi connectivity index (χ0v) is 7.85. The molecule has 0 bridgehead atoms. The second-order valence-corrected chi connectivity index (χ2v) is 3.38. The van der Waals surface area contributed by atoms with Gasteiger partial charge in [0.15, 0.2) is 0 Å². The van der Waals surface area contributed by atoms with Gasteiger partial charge in [-0.05, 0) is 28.9 Å². The molecule has 1 aromatic carbocycles. The highest BCUT2D eigenvalue weighted by Crippen LogP contribution is 2.24. The summed E-state index contributed by atoms with van der Waals surface area (Å²) < 4.78 is 18.2. The summed E-state index contributed by atoms with van der Waals surface area (Å²) in [5, 5.41) is 4.52. The monoisotopic (exact) mass is 229 g/mol. The van der Waals surface area contributed by atoms with E-state index in [0.717, 1.165) is 5.39 Å². The summed E-state index contributed by atoms with van der Waals surface area (Å²) in [5.74, 6) is 0.376. The topological polar surface area (TPSA) is 26.0 Å². The van der Waals surface area contributed by atoms with E-state index in [1.807, 2.05) is 0 Å². The Morgan fingerprint density at radius 3 is 3.00 bits per heavy atom. The number of benzene rings is 1. The molecular formula is C8H5BrFNO. The first-order chi connectivity index (χ1) is 5.68. The van der Waals surface area contributed by atoms with Crippen LogP contribution in [0.2, 0.25) is 0 Å². The van der Waals surface area contributed by atoms with Gasteiger partial charge >= 0.3 is 0 Å². The van der Waals surface area contributed by atoms with Crippen molar-refractivity contribution in [3.8, 4) is 0 Å². The van der Waals surface area contributed by atoms with Gasteiger partial charge in [0.1, 0.15) is 17.1 Å². The minimum Gasteiger partial charge on any atom is -0.360 e. The molecule has 0 aliphatic carbocycles. The standard InChI is InChI=1S/C8H5BrFNO/c1-4-5-2-6(9)7(10)3-8(5)11-12-4/h2-3H,1H3. The van der Waals surface area contributed by atoms with Gasteiger partial charge < -0.3 is 4.52 Å². The molecule has 1 heterocycles. The number of aromatic nitrogens is 1. The Morgan fingerprint density at radius 2 is 2.25 bits per heavy atom. The molecule has 0 atom stereocenters. The predicted molar refractivity (Wildman–Crippen MR) is 46.4 cm³/mol. The summed E-state index contributed by atoms with van der Waals surface area (Å²) >= 11 is 3.09. The molecule has 0 aliphatic rings. The van der Waals surface area contributed by atoms with Crippen LogP contribution >= 0.6 is 15.9 Å². The molecule has 2 rings (SSSR count). The quantitative estimate of drug-likeness (QED) is 0.695. The van der Waals surface area contributed by atoms with E-state index in [9.17, 15) is 4.39 Å². The van der Waals surface area contributed by atoms with Gasteiger partial charge in [-0.3, -0.25) is 0 Å². The number of rotatable bonds is 0.